The van der Waals surface area contributed by atoms with E-state index in [1.807, 2.05) is 48.5 Å². The van der Waals surface area contributed by atoms with E-state index in [9.17, 15) is 9.59 Å². The molecule has 2 fully saturated rings. The van der Waals surface area contributed by atoms with Gasteiger partial charge in [-0.3, -0.25) is 0 Å². The number of ether oxygens (including phenoxy) is 4. The van der Waals surface area contributed by atoms with Gasteiger partial charge in [0.15, 0.2) is 11.2 Å². The number of fused-ring (bicyclic) bond motifs is 12. The summed E-state index contributed by atoms with van der Waals surface area (Å²) < 4.78 is 27.3. The molecule has 0 radical (unpaired) electrons. The van der Waals surface area contributed by atoms with E-state index in [4.69, 9.17) is 18.9 Å². The lowest BCUT2D eigenvalue weighted by Gasteiger charge is -2.39. The van der Waals surface area contributed by atoms with Crippen molar-refractivity contribution in [2.24, 2.45) is 0 Å². The molecule has 0 aromatic heterocycles. The van der Waals surface area contributed by atoms with E-state index in [0.717, 1.165) is 85.1 Å². The summed E-state index contributed by atoms with van der Waals surface area (Å²) in [6.07, 6.45) is 13.2. The molecule has 4 aliphatic heterocycles. The van der Waals surface area contributed by atoms with Crippen LogP contribution in [0.25, 0.3) is 0 Å². The summed E-state index contributed by atoms with van der Waals surface area (Å²) in [5.41, 5.74) is 14.4. The van der Waals surface area contributed by atoms with Crippen LogP contribution in [0.3, 0.4) is 0 Å². The second-order valence-electron chi connectivity index (χ2n) is 25.1. The molecule has 0 bridgehead atoms. The third-order valence-corrected chi connectivity index (χ3v) is 20.6. The average molecular weight is 1140 g/mol. The number of nitrogens with zero attached hydrogens (tertiary/aromatic N) is 4. The van der Waals surface area contributed by atoms with Crippen molar-refractivity contribution >= 4 is 46.1 Å². The smallest absolute Gasteiger partial charge is 0.340 e. The number of esters is 2. The summed E-state index contributed by atoms with van der Waals surface area (Å²) in [4.78, 5) is 37.5. The number of hydrogen-bond acceptors (Lipinski definition) is 10. The molecule has 4 heterocycles. The molecule has 10 nitrogen and oxygen atoms in total. The van der Waals surface area contributed by atoms with Gasteiger partial charge < -0.3 is 38.5 Å². The Hall–Kier alpha value is -8.50. The highest BCUT2D eigenvalue weighted by Crippen LogP contribution is 2.60. The van der Waals surface area contributed by atoms with Gasteiger partial charge in [0.25, 0.3) is 0 Å². The van der Waals surface area contributed by atoms with Crippen LogP contribution in [0, 0.1) is 13.8 Å². The minimum Gasteiger partial charge on any atom is -0.456 e. The van der Waals surface area contributed by atoms with E-state index >= 15 is 0 Å². The first-order valence-electron chi connectivity index (χ1n) is 31.6. The second kappa shape index (κ2) is 21.5. The Labute approximate surface area is 507 Å². The van der Waals surface area contributed by atoms with Gasteiger partial charge in [-0.25, -0.2) is 9.59 Å². The lowest BCUT2D eigenvalue weighted by atomic mass is 9.74. The fourth-order valence-electron chi connectivity index (χ4n) is 15.5. The minimum atomic E-state index is -1.18. The van der Waals surface area contributed by atoms with Crippen LogP contribution < -0.4 is 29.1 Å². The summed E-state index contributed by atoms with van der Waals surface area (Å²) in [5.74, 6) is 2.15. The molecule has 0 N–H and O–H groups in total. The molecule has 14 rings (SSSR count). The summed E-state index contributed by atoms with van der Waals surface area (Å²) >= 11 is 0. The SMILES string of the molecule is CCN(c1ccc(C(C)(CC)c2ccc(N(CC)c3cc4c(cc3C)Oc3cc(N(C)C5CCCCC5)ccc3C43OC(=O)c4ccccc43)cc2)cc1)c1cc2c(cc1C)Oc1cc(N(C)C3CCCCC3)ccc1C21OC(=O)c2ccccc21. The van der Waals surface area contributed by atoms with Crippen LogP contribution in [0.1, 0.15) is 175 Å². The number of anilines is 6. The van der Waals surface area contributed by atoms with Gasteiger partial charge in [-0.05, 0) is 167 Å². The number of hydrogen-bond donors (Lipinski definition) is 0. The predicted molar refractivity (Wildman–Crippen MR) is 344 cm³/mol. The monoisotopic (exact) mass is 1140 g/mol. The molecule has 2 atom stereocenters. The number of rotatable bonds is 13. The third kappa shape index (κ3) is 8.62. The number of carbonyl (C=O) groups excluding carboxylic acids is 2. The summed E-state index contributed by atoms with van der Waals surface area (Å²) in [7, 11) is 4.39. The predicted octanol–water partition coefficient (Wildman–Crippen LogP) is 18.0. The molecular weight excluding hydrogens is 1060 g/mol. The Morgan fingerprint density at radius 3 is 1.20 bits per heavy atom. The number of carbonyl (C=O) groups is 2. The Morgan fingerprint density at radius 2 is 0.814 bits per heavy atom. The molecule has 8 aromatic carbocycles. The zero-order valence-electron chi connectivity index (χ0n) is 51.1. The molecular formula is C76H78N4O6. The highest BCUT2D eigenvalue weighted by Gasteiger charge is 2.56. The highest BCUT2D eigenvalue weighted by molar-refractivity contribution is 5.98. The van der Waals surface area contributed by atoms with Crippen molar-refractivity contribution in [3.05, 3.63) is 224 Å². The zero-order chi connectivity index (χ0) is 59.2. The number of aryl methyl sites for hydroxylation is 2. The summed E-state index contributed by atoms with van der Waals surface area (Å²) in [6.45, 7) is 14.7. The van der Waals surface area contributed by atoms with Crippen molar-refractivity contribution in [1.29, 1.82) is 0 Å². The Bertz CT molecular complexity index is 3720. The van der Waals surface area contributed by atoms with Crippen molar-refractivity contribution in [1.82, 2.24) is 0 Å². The largest absolute Gasteiger partial charge is 0.456 e. The molecule has 2 aliphatic carbocycles. The molecule has 2 saturated carbocycles. The van der Waals surface area contributed by atoms with Crippen LogP contribution in [-0.2, 0) is 26.1 Å². The molecule has 0 amide bonds. The zero-order valence-corrected chi connectivity index (χ0v) is 51.1. The summed E-state index contributed by atoms with van der Waals surface area (Å²) in [5, 5.41) is 0. The lowest BCUT2D eigenvalue weighted by molar-refractivity contribution is 0.0214. The van der Waals surface area contributed by atoms with Gasteiger partial charge in [0.1, 0.15) is 23.0 Å². The normalized spacial score (nSPS) is 19.8. The first kappa shape index (κ1) is 55.4. The van der Waals surface area contributed by atoms with Crippen LogP contribution in [0.2, 0.25) is 0 Å². The van der Waals surface area contributed by atoms with Gasteiger partial charge in [-0.15, -0.1) is 0 Å². The molecule has 438 valence electrons. The van der Waals surface area contributed by atoms with Gasteiger partial charge >= 0.3 is 11.9 Å². The van der Waals surface area contributed by atoms with E-state index in [1.165, 1.54) is 75.3 Å². The first-order chi connectivity index (χ1) is 41.8. The van der Waals surface area contributed by atoms with Gasteiger partial charge in [-0.2, -0.15) is 0 Å². The van der Waals surface area contributed by atoms with Crippen LogP contribution in [-0.4, -0.2) is 51.2 Å². The Kier molecular flexibility index (Phi) is 13.8. The molecule has 10 heteroatoms. The van der Waals surface area contributed by atoms with E-state index in [-0.39, 0.29) is 17.4 Å². The maximum absolute atomic E-state index is 14.0. The van der Waals surface area contributed by atoms with Crippen molar-refractivity contribution in [2.75, 3.05) is 46.8 Å². The van der Waals surface area contributed by atoms with E-state index in [0.29, 0.717) is 59.3 Å². The molecule has 2 unspecified atom stereocenters. The number of benzene rings is 8. The standard InChI is InChI=1S/C76H78N4O6/c1-9-74(6,50-30-34-54(35-31-50)79(10-2)66-46-64-68(42-48(66)4)83-70-44-56(77(7)52-22-14-12-15-23-52)38-40-62(70)75(64)60-28-20-18-26-58(60)72(81)85-75)51-32-36-55(37-33-51)80(11-3)67-47-65-69(43-49(67)5)84-71-45-57(78(8)53-24-16-13-17-25-53)39-41-63(71)76(65)61-29-21-19-27-59(61)73(82)86-76/h18-21,26-47,52-53H,9-17,22-25H2,1-8H3. The highest BCUT2D eigenvalue weighted by atomic mass is 16.6. The maximum Gasteiger partial charge on any atom is 0.340 e. The Balaban J connectivity index is 0.760. The first-order valence-corrected chi connectivity index (χ1v) is 31.6. The van der Waals surface area contributed by atoms with Gasteiger partial charge in [0.05, 0.1) is 11.1 Å². The Morgan fingerprint density at radius 1 is 0.442 bits per heavy atom. The van der Waals surface area contributed by atoms with Crippen molar-refractivity contribution in [3.8, 4) is 23.0 Å². The van der Waals surface area contributed by atoms with Crippen LogP contribution in [0.4, 0.5) is 34.1 Å². The molecule has 6 aliphatic rings. The second-order valence-corrected chi connectivity index (χ2v) is 25.1. The van der Waals surface area contributed by atoms with Crippen molar-refractivity contribution in [2.45, 2.75) is 141 Å². The van der Waals surface area contributed by atoms with E-state index in [1.54, 1.807) is 0 Å². The summed E-state index contributed by atoms with van der Waals surface area (Å²) in [6, 6.07) is 56.3. The van der Waals surface area contributed by atoms with Crippen LogP contribution in [0.15, 0.2) is 158 Å². The van der Waals surface area contributed by atoms with Crippen LogP contribution in [0.5, 0.6) is 23.0 Å². The molecule has 86 heavy (non-hydrogen) atoms. The van der Waals surface area contributed by atoms with Gasteiger partial charge in [-0.1, -0.05) is 113 Å². The van der Waals surface area contributed by atoms with E-state index < -0.39 is 11.2 Å². The van der Waals surface area contributed by atoms with E-state index in [2.05, 4.69) is 184 Å². The topological polar surface area (TPSA) is 84.0 Å². The van der Waals surface area contributed by atoms with Crippen molar-refractivity contribution < 1.29 is 28.5 Å². The minimum absolute atomic E-state index is 0.293. The fraction of sp³-hybridized carbons (Fsp3) is 0.342. The maximum atomic E-state index is 14.0. The van der Waals surface area contributed by atoms with Crippen molar-refractivity contribution in [3.63, 3.8) is 0 Å². The molecule has 0 saturated heterocycles. The molecule has 8 aromatic rings. The van der Waals surface area contributed by atoms with Gasteiger partial charge in [0.2, 0.25) is 0 Å². The van der Waals surface area contributed by atoms with Gasteiger partial charge in [0, 0.05) is 124 Å². The van der Waals surface area contributed by atoms with Crippen LogP contribution >= 0.6 is 0 Å². The lowest BCUT2D eigenvalue weighted by Crippen LogP contribution is -2.35. The fourth-order valence-corrected chi connectivity index (χ4v) is 15.5. The average Bonchev–Trinajstić information content (AvgIpc) is 1.43. The third-order valence-electron chi connectivity index (χ3n) is 20.6. The quantitative estimate of drug-likeness (QED) is 0.104. The molecule has 2 spiro atoms.